The minimum atomic E-state index is -0.676. The second-order valence-electron chi connectivity index (χ2n) is 7.31. The van der Waals surface area contributed by atoms with Crippen LogP contribution in [-0.2, 0) is 4.79 Å². The highest BCUT2D eigenvalue weighted by Crippen LogP contribution is 2.39. The summed E-state index contributed by atoms with van der Waals surface area (Å²) < 4.78 is 0. The highest BCUT2D eigenvalue weighted by Gasteiger charge is 2.43. The first kappa shape index (κ1) is 14.8. The Kier molecular flexibility index (Phi) is 3.94. The summed E-state index contributed by atoms with van der Waals surface area (Å²) in [6.45, 7) is 2.25. The van der Waals surface area contributed by atoms with Gasteiger partial charge in [0.2, 0.25) is 5.91 Å². The molecule has 0 radical (unpaired) electrons. The van der Waals surface area contributed by atoms with Crippen LogP contribution in [0.2, 0.25) is 0 Å². The summed E-state index contributed by atoms with van der Waals surface area (Å²) in [5.41, 5.74) is -0.676. The van der Waals surface area contributed by atoms with Crippen LogP contribution in [-0.4, -0.2) is 48.1 Å². The molecule has 3 unspecified atom stereocenters. The standard InChI is InChI=1S/C16H26N4O/c1-16(10-17,11-3-4-11)19-15(21)9-20(2)14-7-12-5-6-13(8-14)18-12/h11-14,18H,3-9H2,1-2H3,(H,19,21). The summed E-state index contributed by atoms with van der Waals surface area (Å²) >= 11 is 0. The second kappa shape index (κ2) is 5.58. The molecule has 2 heterocycles. The van der Waals surface area contributed by atoms with Crippen molar-refractivity contribution in [2.45, 2.75) is 69.1 Å². The second-order valence-corrected chi connectivity index (χ2v) is 7.31. The van der Waals surface area contributed by atoms with Crippen molar-refractivity contribution in [3.05, 3.63) is 0 Å². The first-order valence-corrected chi connectivity index (χ1v) is 8.18. The van der Waals surface area contributed by atoms with Crippen molar-refractivity contribution >= 4 is 5.91 Å². The van der Waals surface area contributed by atoms with Gasteiger partial charge in [0.05, 0.1) is 12.6 Å². The number of carbonyl (C=O) groups excluding carboxylic acids is 1. The average molecular weight is 290 g/mol. The molecule has 2 bridgehead atoms. The molecule has 0 aromatic rings. The molecule has 1 saturated carbocycles. The number of likely N-dealkylation sites (N-methyl/N-ethyl adjacent to an activating group) is 1. The van der Waals surface area contributed by atoms with Crippen molar-refractivity contribution in [2.24, 2.45) is 5.92 Å². The largest absolute Gasteiger partial charge is 0.337 e. The van der Waals surface area contributed by atoms with E-state index >= 15 is 0 Å². The maximum atomic E-state index is 12.3. The lowest BCUT2D eigenvalue weighted by Crippen LogP contribution is -2.53. The maximum absolute atomic E-state index is 12.3. The number of rotatable bonds is 5. The zero-order valence-corrected chi connectivity index (χ0v) is 13.1. The number of hydrogen-bond acceptors (Lipinski definition) is 4. The number of nitriles is 1. The first-order valence-electron chi connectivity index (χ1n) is 8.18. The minimum Gasteiger partial charge on any atom is -0.337 e. The van der Waals surface area contributed by atoms with Crippen molar-refractivity contribution in [3.8, 4) is 6.07 Å². The van der Waals surface area contributed by atoms with E-state index in [0.29, 0.717) is 30.6 Å². The summed E-state index contributed by atoms with van der Waals surface area (Å²) in [7, 11) is 2.04. The van der Waals surface area contributed by atoms with Crippen molar-refractivity contribution in [1.82, 2.24) is 15.5 Å². The van der Waals surface area contributed by atoms with Crippen LogP contribution in [0.3, 0.4) is 0 Å². The Hall–Kier alpha value is -1.12. The lowest BCUT2D eigenvalue weighted by Gasteiger charge is -2.35. The molecule has 0 aromatic carbocycles. The van der Waals surface area contributed by atoms with E-state index in [1.54, 1.807) is 0 Å². The predicted octanol–water partition coefficient (Wildman–Crippen LogP) is 1.01. The van der Waals surface area contributed by atoms with Gasteiger partial charge in [0.15, 0.2) is 0 Å². The summed E-state index contributed by atoms with van der Waals surface area (Å²) in [5.74, 6) is 0.325. The van der Waals surface area contributed by atoms with Crippen molar-refractivity contribution in [2.75, 3.05) is 13.6 Å². The first-order chi connectivity index (χ1) is 10.00. The van der Waals surface area contributed by atoms with Gasteiger partial charge < -0.3 is 10.6 Å². The molecule has 21 heavy (non-hydrogen) atoms. The lowest BCUT2D eigenvalue weighted by atomic mass is 9.97. The van der Waals surface area contributed by atoms with Gasteiger partial charge in [0, 0.05) is 18.1 Å². The number of amides is 1. The molecule has 5 nitrogen and oxygen atoms in total. The molecule has 5 heteroatoms. The molecular formula is C16H26N4O. The normalized spacial score (nSPS) is 34.3. The van der Waals surface area contributed by atoms with Gasteiger partial charge in [-0.1, -0.05) is 0 Å². The van der Waals surface area contributed by atoms with E-state index in [0.717, 1.165) is 25.7 Å². The number of nitrogens with zero attached hydrogens (tertiary/aromatic N) is 2. The van der Waals surface area contributed by atoms with Gasteiger partial charge in [-0.05, 0) is 58.4 Å². The highest BCUT2D eigenvalue weighted by atomic mass is 16.2. The van der Waals surface area contributed by atoms with Gasteiger partial charge in [-0.25, -0.2) is 0 Å². The topological polar surface area (TPSA) is 68.2 Å². The lowest BCUT2D eigenvalue weighted by molar-refractivity contribution is -0.124. The number of nitrogens with one attached hydrogen (secondary N) is 2. The molecule has 3 rings (SSSR count). The Balaban J connectivity index is 1.51. The summed E-state index contributed by atoms with van der Waals surface area (Å²) in [5, 5.41) is 15.9. The third-order valence-corrected chi connectivity index (χ3v) is 5.49. The Morgan fingerprint density at radius 2 is 1.95 bits per heavy atom. The van der Waals surface area contributed by atoms with Gasteiger partial charge in [0.1, 0.15) is 5.54 Å². The van der Waals surface area contributed by atoms with Crippen LogP contribution in [0.1, 0.15) is 45.4 Å². The Labute approximate surface area is 127 Å². The molecule has 2 N–H and O–H groups in total. The van der Waals surface area contributed by atoms with Crippen LogP contribution in [0, 0.1) is 17.2 Å². The van der Waals surface area contributed by atoms with Gasteiger partial charge in [-0.3, -0.25) is 9.69 Å². The summed E-state index contributed by atoms with van der Waals surface area (Å²) in [4.78, 5) is 14.4. The van der Waals surface area contributed by atoms with Gasteiger partial charge >= 0.3 is 0 Å². The molecule has 2 aliphatic heterocycles. The van der Waals surface area contributed by atoms with Gasteiger partial charge in [-0.15, -0.1) is 0 Å². The monoisotopic (exact) mass is 290 g/mol. The zero-order valence-electron chi connectivity index (χ0n) is 13.1. The summed E-state index contributed by atoms with van der Waals surface area (Å²) in [6.07, 6.45) is 6.93. The zero-order chi connectivity index (χ0) is 15.0. The van der Waals surface area contributed by atoms with Crippen LogP contribution in [0.15, 0.2) is 0 Å². The highest BCUT2D eigenvalue weighted by molar-refractivity contribution is 5.79. The third-order valence-electron chi connectivity index (χ3n) is 5.49. The minimum absolute atomic E-state index is 0.0145. The molecule has 116 valence electrons. The number of hydrogen-bond donors (Lipinski definition) is 2. The fraction of sp³-hybridized carbons (Fsp3) is 0.875. The molecule has 1 aliphatic carbocycles. The fourth-order valence-corrected chi connectivity index (χ4v) is 3.95. The van der Waals surface area contributed by atoms with Crippen LogP contribution < -0.4 is 10.6 Å². The molecule has 2 saturated heterocycles. The van der Waals surface area contributed by atoms with Crippen LogP contribution >= 0.6 is 0 Å². The number of piperidine rings is 1. The molecule has 0 aromatic heterocycles. The average Bonchev–Trinajstić information content (AvgIpc) is 3.25. The molecular weight excluding hydrogens is 264 g/mol. The number of fused-ring (bicyclic) bond motifs is 2. The summed E-state index contributed by atoms with van der Waals surface area (Å²) in [6, 6.07) is 4.05. The Morgan fingerprint density at radius 1 is 1.33 bits per heavy atom. The number of carbonyl (C=O) groups is 1. The molecule has 3 fully saturated rings. The van der Waals surface area contributed by atoms with Crippen LogP contribution in [0.5, 0.6) is 0 Å². The van der Waals surface area contributed by atoms with E-state index in [2.05, 4.69) is 21.6 Å². The van der Waals surface area contributed by atoms with E-state index < -0.39 is 5.54 Å². The SMILES string of the molecule is CN(CC(=O)NC(C)(C#N)C1CC1)C1CC2CCC(C1)N2. The molecule has 1 amide bonds. The van der Waals surface area contributed by atoms with Crippen molar-refractivity contribution < 1.29 is 4.79 Å². The third kappa shape index (κ3) is 3.22. The molecule has 3 atom stereocenters. The van der Waals surface area contributed by atoms with E-state index in [-0.39, 0.29) is 5.91 Å². The van der Waals surface area contributed by atoms with Gasteiger partial charge in [0.25, 0.3) is 0 Å². The fourth-order valence-electron chi connectivity index (χ4n) is 3.95. The van der Waals surface area contributed by atoms with E-state index in [9.17, 15) is 10.1 Å². The Bertz CT molecular complexity index is 444. The van der Waals surface area contributed by atoms with Crippen molar-refractivity contribution in [3.63, 3.8) is 0 Å². The van der Waals surface area contributed by atoms with Crippen molar-refractivity contribution in [1.29, 1.82) is 5.26 Å². The predicted molar refractivity (Wildman–Crippen MR) is 80.5 cm³/mol. The van der Waals surface area contributed by atoms with Gasteiger partial charge in [-0.2, -0.15) is 5.26 Å². The van der Waals surface area contributed by atoms with E-state index in [1.807, 2.05) is 14.0 Å². The van der Waals surface area contributed by atoms with E-state index in [1.165, 1.54) is 12.8 Å². The maximum Gasteiger partial charge on any atom is 0.235 e. The van der Waals surface area contributed by atoms with Crippen LogP contribution in [0.4, 0.5) is 0 Å². The molecule has 3 aliphatic rings. The molecule has 0 spiro atoms. The quantitative estimate of drug-likeness (QED) is 0.793. The van der Waals surface area contributed by atoms with E-state index in [4.69, 9.17) is 0 Å². The Morgan fingerprint density at radius 3 is 2.48 bits per heavy atom. The smallest absolute Gasteiger partial charge is 0.235 e. The van der Waals surface area contributed by atoms with Crippen LogP contribution in [0.25, 0.3) is 0 Å².